The maximum absolute atomic E-state index is 12.4. The topological polar surface area (TPSA) is 46.6 Å². The molecule has 23 heavy (non-hydrogen) atoms. The summed E-state index contributed by atoms with van der Waals surface area (Å²) in [4.78, 5) is 26.6. The van der Waals surface area contributed by atoms with E-state index in [1.807, 2.05) is 30.0 Å². The van der Waals surface area contributed by atoms with Gasteiger partial charge in [-0.2, -0.15) is 0 Å². The number of likely N-dealkylation sites (tertiary alicyclic amines) is 1. The number of carbonyl (C=O) groups excluding carboxylic acids is 2. The number of hydrogen-bond acceptors (Lipinski definition) is 3. The van der Waals surface area contributed by atoms with Crippen LogP contribution >= 0.6 is 0 Å². The summed E-state index contributed by atoms with van der Waals surface area (Å²) in [5.74, 6) is 0.217. The second-order valence-electron chi connectivity index (χ2n) is 6.71. The number of hydrogen-bond donors (Lipinski definition) is 0. The van der Waals surface area contributed by atoms with Crippen molar-refractivity contribution in [3.05, 3.63) is 35.9 Å². The molecule has 0 aromatic heterocycles. The van der Waals surface area contributed by atoms with E-state index in [4.69, 9.17) is 4.74 Å². The van der Waals surface area contributed by atoms with Gasteiger partial charge in [-0.1, -0.05) is 36.8 Å². The Hall–Kier alpha value is -1.84. The smallest absolute Gasteiger partial charge is 0.312 e. The van der Waals surface area contributed by atoms with Crippen LogP contribution in [-0.2, 0) is 20.7 Å². The Morgan fingerprint density at radius 1 is 1.30 bits per heavy atom. The molecule has 0 radical (unpaired) electrons. The summed E-state index contributed by atoms with van der Waals surface area (Å²) in [5, 5.41) is 0. The fraction of sp³-hybridized carbons (Fsp3) is 0.579. The van der Waals surface area contributed by atoms with Crippen LogP contribution in [0.4, 0.5) is 0 Å². The molecule has 2 aliphatic rings. The molecule has 1 aliphatic carbocycles. The van der Waals surface area contributed by atoms with Crippen LogP contribution in [0, 0.1) is 11.3 Å². The molecule has 1 saturated carbocycles. The molecule has 2 fully saturated rings. The molecule has 0 spiro atoms. The summed E-state index contributed by atoms with van der Waals surface area (Å²) >= 11 is 0. The summed E-state index contributed by atoms with van der Waals surface area (Å²) < 4.78 is 5.29. The maximum Gasteiger partial charge on any atom is 0.312 e. The molecule has 1 aliphatic heterocycles. The van der Waals surface area contributed by atoms with Crippen molar-refractivity contribution in [1.82, 2.24) is 4.90 Å². The van der Waals surface area contributed by atoms with Crippen LogP contribution in [0.3, 0.4) is 0 Å². The largest absolute Gasteiger partial charge is 0.466 e. The highest BCUT2D eigenvalue weighted by molar-refractivity contribution is 5.83. The van der Waals surface area contributed by atoms with Crippen molar-refractivity contribution in [1.29, 1.82) is 0 Å². The van der Waals surface area contributed by atoms with Crippen LogP contribution in [0.2, 0.25) is 0 Å². The van der Waals surface area contributed by atoms with E-state index >= 15 is 0 Å². The molecule has 1 heterocycles. The summed E-state index contributed by atoms with van der Waals surface area (Å²) in [7, 11) is 0. The monoisotopic (exact) mass is 315 g/mol. The first-order valence-electron chi connectivity index (χ1n) is 8.64. The lowest BCUT2D eigenvalue weighted by Gasteiger charge is -2.43. The van der Waals surface area contributed by atoms with Crippen molar-refractivity contribution in [3.8, 4) is 0 Å². The SMILES string of the molecule is CCOC(=O)C1([C@@H]2CC(=O)N(CCc3ccccc3)C2)CCC1. The molecule has 1 aromatic rings. The highest BCUT2D eigenvalue weighted by Crippen LogP contribution is 2.51. The van der Waals surface area contributed by atoms with E-state index in [1.54, 1.807) is 0 Å². The van der Waals surface area contributed by atoms with Crippen molar-refractivity contribution >= 4 is 11.9 Å². The Kier molecular flexibility index (Phi) is 4.69. The predicted octanol–water partition coefficient (Wildman–Crippen LogP) is 2.81. The molecule has 1 atom stereocenters. The molecule has 0 bridgehead atoms. The van der Waals surface area contributed by atoms with Crippen LogP contribution in [-0.4, -0.2) is 36.5 Å². The molecule has 1 amide bonds. The van der Waals surface area contributed by atoms with Gasteiger partial charge in [0.05, 0.1) is 12.0 Å². The van der Waals surface area contributed by atoms with Gasteiger partial charge < -0.3 is 9.64 Å². The average Bonchev–Trinajstić information content (AvgIpc) is 2.86. The Balaban J connectivity index is 1.61. The van der Waals surface area contributed by atoms with E-state index in [0.717, 1.165) is 32.2 Å². The zero-order valence-electron chi connectivity index (χ0n) is 13.8. The van der Waals surface area contributed by atoms with Crippen LogP contribution in [0.1, 0.15) is 38.2 Å². The number of nitrogens with zero attached hydrogens (tertiary/aromatic N) is 1. The van der Waals surface area contributed by atoms with Crippen molar-refractivity contribution in [2.75, 3.05) is 19.7 Å². The minimum Gasteiger partial charge on any atom is -0.466 e. The Morgan fingerprint density at radius 3 is 2.65 bits per heavy atom. The summed E-state index contributed by atoms with van der Waals surface area (Å²) in [6.07, 6.45) is 4.17. The van der Waals surface area contributed by atoms with Crippen LogP contribution < -0.4 is 0 Å². The number of amides is 1. The quantitative estimate of drug-likeness (QED) is 0.758. The molecule has 124 valence electrons. The predicted molar refractivity (Wildman–Crippen MR) is 87.8 cm³/mol. The van der Waals surface area contributed by atoms with E-state index in [2.05, 4.69) is 12.1 Å². The zero-order chi connectivity index (χ0) is 16.3. The number of rotatable bonds is 6. The molecule has 0 unspecified atom stereocenters. The first kappa shape index (κ1) is 16.0. The third kappa shape index (κ3) is 3.12. The number of ether oxygens (including phenoxy) is 1. The second-order valence-corrected chi connectivity index (χ2v) is 6.71. The number of esters is 1. The maximum atomic E-state index is 12.4. The molecule has 4 heteroatoms. The number of benzene rings is 1. The van der Waals surface area contributed by atoms with Crippen LogP contribution in [0.15, 0.2) is 30.3 Å². The zero-order valence-corrected chi connectivity index (χ0v) is 13.8. The van der Waals surface area contributed by atoms with Crippen molar-refractivity contribution in [2.45, 2.75) is 39.0 Å². The lowest BCUT2D eigenvalue weighted by Crippen LogP contribution is -2.46. The lowest BCUT2D eigenvalue weighted by molar-refractivity contribution is -0.166. The summed E-state index contributed by atoms with van der Waals surface area (Å²) in [6, 6.07) is 10.2. The normalized spacial score (nSPS) is 22.7. The van der Waals surface area contributed by atoms with Gasteiger partial charge in [-0.25, -0.2) is 0 Å². The molecule has 0 N–H and O–H groups in total. The lowest BCUT2D eigenvalue weighted by atomic mass is 9.60. The minimum absolute atomic E-state index is 0.0889. The number of carbonyl (C=O) groups is 2. The first-order chi connectivity index (χ1) is 11.2. The van der Waals surface area contributed by atoms with E-state index in [0.29, 0.717) is 19.6 Å². The van der Waals surface area contributed by atoms with Gasteiger partial charge in [0, 0.05) is 25.4 Å². The van der Waals surface area contributed by atoms with Gasteiger partial charge in [0.1, 0.15) is 0 Å². The van der Waals surface area contributed by atoms with Gasteiger partial charge in [-0.15, -0.1) is 0 Å². The van der Waals surface area contributed by atoms with E-state index in [9.17, 15) is 9.59 Å². The Labute approximate surface area is 137 Å². The van der Waals surface area contributed by atoms with Crippen molar-refractivity contribution < 1.29 is 14.3 Å². The molecular weight excluding hydrogens is 290 g/mol. The fourth-order valence-electron chi connectivity index (χ4n) is 3.88. The molecule has 1 saturated heterocycles. The minimum atomic E-state index is -0.396. The van der Waals surface area contributed by atoms with Gasteiger partial charge in [0.15, 0.2) is 0 Å². The van der Waals surface area contributed by atoms with E-state index in [1.165, 1.54) is 5.56 Å². The van der Waals surface area contributed by atoms with Crippen molar-refractivity contribution in [2.24, 2.45) is 11.3 Å². The van der Waals surface area contributed by atoms with Crippen LogP contribution in [0.5, 0.6) is 0 Å². The molecule has 1 aromatic carbocycles. The summed E-state index contributed by atoms with van der Waals surface area (Å²) in [6.45, 7) is 3.69. The third-order valence-corrected chi connectivity index (χ3v) is 5.44. The fourth-order valence-corrected chi connectivity index (χ4v) is 3.88. The van der Waals surface area contributed by atoms with Crippen molar-refractivity contribution in [3.63, 3.8) is 0 Å². The second kappa shape index (κ2) is 6.73. The average molecular weight is 315 g/mol. The third-order valence-electron chi connectivity index (χ3n) is 5.44. The highest BCUT2D eigenvalue weighted by atomic mass is 16.5. The Bertz CT molecular complexity index is 565. The molecule has 4 nitrogen and oxygen atoms in total. The van der Waals surface area contributed by atoms with E-state index < -0.39 is 5.41 Å². The van der Waals surface area contributed by atoms with Gasteiger partial charge in [-0.3, -0.25) is 9.59 Å². The van der Waals surface area contributed by atoms with Gasteiger partial charge in [0.2, 0.25) is 5.91 Å². The standard InChI is InChI=1S/C19H25NO3/c1-2-23-18(22)19(10-6-11-19)16-13-17(21)20(14-16)12-9-15-7-4-3-5-8-15/h3-5,7-8,16H,2,6,9-14H2,1H3/t16-/m1/s1. The molecule has 3 rings (SSSR count). The summed E-state index contributed by atoms with van der Waals surface area (Å²) in [5.41, 5.74) is 0.847. The molecular formula is C19H25NO3. The van der Waals surface area contributed by atoms with E-state index in [-0.39, 0.29) is 17.8 Å². The van der Waals surface area contributed by atoms with Gasteiger partial charge in [-0.05, 0) is 31.7 Å². The Morgan fingerprint density at radius 2 is 2.04 bits per heavy atom. The van der Waals surface area contributed by atoms with Gasteiger partial charge >= 0.3 is 5.97 Å². The van der Waals surface area contributed by atoms with Gasteiger partial charge in [0.25, 0.3) is 0 Å². The first-order valence-corrected chi connectivity index (χ1v) is 8.64. The highest BCUT2D eigenvalue weighted by Gasteiger charge is 2.54. The van der Waals surface area contributed by atoms with Crippen LogP contribution in [0.25, 0.3) is 0 Å².